The number of piperazine rings is 2. The summed E-state index contributed by atoms with van der Waals surface area (Å²) in [7, 11) is 2.12. The second-order valence-corrected chi connectivity index (χ2v) is 9.04. The molecule has 3 aliphatic heterocycles. The highest BCUT2D eigenvalue weighted by molar-refractivity contribution is 6.22. The molecule has 2 aromatic rings. The van der Waals surface area contributed by atoms with Crippen LogP contribution in [-0.4, -0.2) is 108 Å². The van der Waals surface area contributed by atoms with Gasteiger partial charge >= 0.3 is 0 Å². The molecule has 0 bridgehead atoms. The molecule has 2 fully saturated rings. The lowest BCUT2D eigenvalue weighted by Crippen LogP contribution is -2.55. The Labute approximate surface area is 198 Å². The predicted octanol–water partition coefficient (Wildman–Crippen LogP) is 0.562. The van der Waals surface area contributed by atoms with Crippen molar-refractivity contribution in [2.24, 2.45) is 0 Å². The summed E-state index contributed by atoms with van der Waals surface area (Å²) in [6.45, 7) is 7.76. The fraction of sp³-hybridized carbons (Fsp3) is 0.458. The zero-order valence-corrected chi connectivity index (χ0v) is 19.6. The van der Waals surface area contributed by atoms with Crippen molar-refractivity contribution in [2.45, 2.75) is 13.0 Å². The summed E-state index contributed by atoms with van der Waals surface area (Å²) < 4.78 is 0. The van der Waals surface area contributed by atoms with Crippen LogP contribution in [0, 0.1) is 0 Å². The Morgan fingerprint density at radius 3 is 1.85 bits per heavy atom. The first-order chi connectivity index (χ1) is 16.4. The number of amides is 3. The van der Waals surface area contributed by atoms with Crippen LogP contribution >= 0.6 is 0 Å². The quantitative estimate of drug-likeness (QED) is 0.608. The summed E-state index contributed by atoms with van der Waals surface area (Å²) in [6.07, 6.45) is 1.60. The topological polar surface area (TPSA) is 93.2 Å². The molecule has 2 saturated heterocycles. The lowest BCUT2D eigenvalue weighted by Gasteiger charge is -2.38. The van der Waals surface area contributed by atoms with E-state index in [-0.39, 0.29) is 5.91 Å². The van der Waals surface area contributed by atoms with E-state index in [4.69, 9.17) is 0 Å². The molecule has 3 amide bonds. The van der Waals surface area contributed by atoms with E-state index in [0.717, 1.165) is 42.7 Å². The normalized spacial score (nSPS) is 20.1. The number of benzene rings is 1. The zero-order chi connectivity index (χ0) is 23.8. The van der Waals surface area contributed by atoms with Crippen molar-refractivity contribution in [1.29, 1.82) is 0 Å². The van der Waals surface area contributed by atoms with Crippen LogP contribution in [-0.2, 0) is 4.79 Å². The Hall–Kier alpha value is -3.53. The van der Waals surface area contributed by atoms with Gasteiger partial charge in [-0.2, -0.15) is 0 Å². The van der Waals surface area contributed by atoms with E-state index in [1.165, 1.54) is 0 Å². The van der Waals surface area contributed by atoms with E-state index < -0.39 is 17.9 Å². The molecule has 1 aromatic carbocycles. The highest BCUT2D eigenvalue weighted by atomic mass is 16.2. The highest BCUT2D eigenvalue weighted by Gasteiger charge is 2.42. The number of imide groups is 1. The second-order valence-electron chi connectivity index (χ2n) is 9.04. The minimum absolute atomic E-state index is 0.213. The Balaban J connectivity index is 1.21. The number of likely N-dealkylation sites (N-methyl/N-ethyl adjacent to an activating group) is 1. The van der Waals surface area contributed by atoms with Crippen molar-refractivity contribution in [2.75, 3.05) is 69.2 Å². The number of nitrogens with zero attached hydrogens (tertiary/aromatic N) is 7. The van der Waals surface area contributed by atoms with Gasteiger partial charge in [0.15, 0.2) is 0 Å². The maximum Gasteiger partial charge on any atom is 0.262 e. The van der Waals surface area contributed by atoms with Gasteiger partial charge in [0.1, 0.15) is 24.0 Å². The Morgan fingerprint density at radius 1 is 0.824 bits per heavy atom. The average molecular weight is 464 g/mol. The van der Waals surface area contributed by atoms with Crippen LogP contribution in [0.1, 0.15) is 27.6 Å². The summed E-state index contributed by atoms with van der Waals surface area (Å²) >= 11 is 0. The Bertz CT molecular complexity index is 1070. The number of rotatable bonds is 4. The summed E-state index contributed by atoms with van der Waals surface area (Å²) in [5.41, 5.74) is 0.716. The van der Waals surface area contributed by atoms with Crippen LogP contribution in [0.15, 0.2) is 36.7 Å². The number of anilines is 2. The number of hydrogen-bond acceptors (Lipinski definition) is 8. The van der Waals surface area contributed by atoms with E-state index >= 15 is 0 Å². The van der Waals surface area contributed by atoms with Crippen molar-refractivity contribution in [3.63, 3.8) is 0 Å². The molecule has 10 nitrogen and oxygen atoms in total. The van der Waals surface area contributed by atoms with E-state index in [9.17, 15) is 14.4 Å². The number of fused-ring (bicyclic) bond motifs is 1. The van der Waals surface area contributed by atoms with E-state index in [2.05, 4.69) is 31.7 Å². The maximum atomic E-state index is 13.2. The van der Waals surface area contributed by atoms with Gasteiger partial charge < -0.3 is 19.6 Å². The molecular formula is C24H29N7O3. The molecule has 0 spiro atoms. The van der Waals surface area contributed by atoms with Crippen LogP contribution in [0.3, 0.4) is 0 Å². The number of aromatic nitrogens is 2. The van der Waals surface area contributed by atoms with E-state index in [0.29, 0.717) is 37.3 Å². The van der Waals surface area contributed by atoms with Gasteiger partial charge in [-0.1, -0.05) is 12.1 Å². The zero-order valence-electron chi connectivity index (χ0n) is 19.6. The fourth-order valence-corrected chi connectivity index (χ4v) is 4.81. The van der Waals surface area contributed by atoms with Crippen molar-refractivity contribution in [3.05, 3.63) is 47.8 Å². The average Bonchev–Trinajstić information content (AvgIpc) is 3.13. The predicted molar refractivity (Wildman–Crippen MR) is 127 cm³/mol. The number of carbonyl (C=O) groups excluding carboxylic acids is 3. The van der Waals surface area contributed by atoms with Crippen LogP contribution in [0.25, 0.3) is 0 Å². The molecule has 0 radical (unpaired) electrons. The lowest BCUT2D eigenvalue weighted by atomic mass is 10.1. The summed E-state index contributed by atoms with van der Waals surface area (Å²) in [5.74, 6) is 0.755. The van der Waals surface area contributed by atoms with Gasteiger partial charge in [-0.25, -0.2) is 9.97 Å². The first kappa shape index (κ1) is 22.3. The molecule has 4 heterocycles. The van der Waals surface area contributed by atoms with Crippen LogP contribution in [0.4, 0.5) is 11.6 Å². The minimum atomic E-state index is -0.846. The van der Waals surface area contributed by atoms with Gasteiger partial charge in [0.25, 0.3) is 11.8 Å². The van der Waals surface area contributed by atoms with Gasteiger partial charge in [-0.05, 0) is 26.1 Å². The minimum Gasteiger partial charge on any atom is -0.354 e. The van der Waals surface area contributed by atoms with E-state index in [1.54, 1.807) is 42.4 Å². The van der Waals surface area contributed by atoms with Crippen LogP contribution < -0.4 is 9.80 Å². The molecule has 5 rings (SSSR count). The Morgan fingerprint density at radius 2 is 1.32 bits per heavy atom. The molecule has 10 heteroatoms. The molecule has 1 unspecified atom stereocenters. The third-order valence-electron chi connectivity index (χ3n) is 6.95. The molecule has 0 aliphatic carbocycles. The third-order valence-corrected chi connectivity index (χ3v) is 6.95. The SMILES string of the molecule is CC(C(=O)N1CCN(c2cc(N3CCN(C)CC3)ncn2)CC1)N1C(=O)c2ccccc2C1=O. The summed E-state index contributed by atoms with van der Waals surface area (Å²) in [4.78, 5) is 57.2. The molecule has 1 atom stereocenters. The lowest BCUT2D eigenvalue weighted by molar-refractivity contribution is -0.135. The van der Waals surface area contributed by atoms with Crippen LogP contribution in [0.2, 0.25) is 0 Å². The highest BCUT2D eigenvalue weighted by Crippen LogP contribution is 2.26. The summed E-state index contributed by atoms with van der Waals surface area (Å²) in [5, 5.41) is 0. The van der Waals surface area contributed by atoms with Crippen molar-refractivity contribution in [3.8, 4) is 0 Å². The van der Waals surface area contributed by atoms with Crippen LogP contribution in [0.5, 0.6) is 0 Å². The van der Waals surface area contributed by atoms with Gasteiger partial charge in [0.05, 0.1) is 11.1 Å². The monoisotopic (exact) mass is 463 g/mol. The second kappa shape index (κ2) is 9.02. The van der Waals surface area contributed by atoms with Gasteiger partial charge in [-0.3, -0.25) is 19.3 Å². The molecule has 178 valence electrons. The standard InChI is InChI=1S/C24H29N7O3/c1-17(31-23(33)18-5-3-4-6-19(18)24(31)34)22(32)30-13-11-29(12-14-30)21-15-20(25-16-26-21)28-9-7-27(2)8-10-28/h3-6,15-17H,7-14H2,1-2H3. The fourth-order valence-electron chi connectivity index (χ4n) is 4.81. The number of carbonyl (C=O) groups is 3. The van der Waals surface area contributed by atoms with Crippen molar-refractivity contribution in [1.82, 2.24) is 24.7 Å². The van der Waals surface area contributed by atoms with Crippen molar-refractivity contribution >= 4 is 29.4 Å². The first-order valence-electron chi connectivity index (χ1n) is 11.7. The molecule has 0 N–H and O–H groups in total. The summed E-state index contributed by atoms with van der Waals surface area (Å²) in [6, 6.07) is 7.88. The smallest absolute Gasteiger partial charge is 0.262 e. The van der Waals surface area contributed by atoms with Crippen molar-refractivity contribution < 1.29 is 14.4 Å². The molecule has 1 aromatic heterocycles. The Kier molecular flexibility index (Phi) is 5.91. The third kappa shape index (κ3) is 3.98. The van der Waals surface area contributed by atoms with Gasteiger partial charge in [-0.15, -0.1) is 0 Å². The first-order valence-corrected chi connectivity index (χ1v) is 11.7. The van der Waals surface area contributed by atoms with Gasteiger partial charge in [0.2, 0.25) is 5.91 Å². The van der Waals surface area contributed by atoms with E-state index in [1.807, 2.05) is 6.07 Å². The number of hydrogen-bond donors (Lipinski definition) is 0. The molecule has 3 aliphatic rings. The van der Waals surface area contributed by atoms with Gasteiger partial charge in [0, 0.05) is 58.4 Å². The largest absolute Gasteiger partial charge is 0.354 e. The molecule has 34 heavy (non-hydrogen) atoms. The molecule has 0 saturated carbocycles. The maximum absolute atomic E-state index is 13.2. The molecular weight excluding hydrogens is 434 g/mol.